The number of carbonyl (C=O) groups is 1. The van der Waals surface area contributed by atoms with Gasteiger partial charge in [-0.3, -0.25) is 9.48 Å². The van der Waals surface area contributed by atoms with E-state index in [1.54, 1.807) is 20.0 Å². The molecule has 1 aromatic heterocycles. The Morgan fingerprint density at radius 1 is 1.46 bits per heavy atom. The highest BCUT2D eigenvalue weighted by Crippen LogP contribution is 2.32. The van der Waals surface area contributed by atoms with Crippen LogP contribution in [0.1, 0.15) is 34.9 Å². The first kappa shape index (κ1) is 19.3. The van der Waals surface area contributed by atoms with Crippen molar-refractivity contribution in [1.82, 2.24) is 15.1 Å². The largest absolute Gasteiger partial charge is 0.417 e. The van der Waals surface area contributed by atoms with E-state index >= 15 is 0 Å². The van der Waals surface area contributed by atoms with Crippen molar-refractivity contribution in [3.8, 4) is 6.07 Å². The number of aromatic nitrogens is 2. The van der Waals surface area contributed by atoms with E-state index in [9.17, 15) is 18.0 Å². The number of rotatable bonds is 5. The summed E-state index contributed by atoms with van der Waals surface area (Å²) in [6, 6.07) is 5.00. The van der Waals surface area contributed by atoms with Crippen LogP contribution in [0.3, 0.4) is 0 Å². The minimum Gasteiger partial charge on any atom is -0.335 e. The zero-order valence-electron chi connectivity index (χ0n) is 14.1. The average Bonchev–Trinajstić information content (AvgIpc) is 2.85. The van der Waals surface area contributed by atoms with Crippen LogP contribution in [0.5, 0.6) is 0 Å². The Morgan fingerprint density at radius 2 is 2.15 bits per heavy atom. The first-order valence-electron chi connectivity index (χ1n) is 7.47. The van der Waals surface area contributed by atoms with Gasteiger partial charge < -0.3 is 5.32 Å². The van der Waals surface area contributed by atoms with Crippen LogP contribution in [0.2, 0.25) is 0 Å². The lowest BCUT2D eigenvalue weighted by Gasteiger charge is -2.12. The molecule has 0 aliphatic rings. The topological polar surface area (TPSA) is 70.7 Å². The number of hydrogen-bond acceptors (Lipinski definition) is 3. The number of hydrogen-bond donors (Lipinski definition) is 1. The van der Waals surface area contributed by atoms with Crippen LogP contribution in [0.25, 0.3) is 5.57 Å². The van der Waals surface area contributed by atoms with Gasteiger partial charge in [0.25, 0.3) is 0 Å². The zero-order valence-corrected chi connectivity index (χ0v) is 14.1. The van der Waals surface area contributed by atoms with Gasteiger partial charge in [-0.1, -0.05) is 6.07 Å². The number of nitrogens with one attached hydrogen (secondary N) is 1. The molecule has 26 heavy (non-hydrogen) atoms. The molecule has 2 rings (SSSR count). The number of halogens is 3. The molecule has 0 atom stereocenters. The molecule has 1 N–H and O–H groups in total. The number of nitrogens with zero attached hydrogens (tertiary/aromatic N) is 3. The Bertz CT molecular complexity index is 910. The van der Waals surface area contributed by atoms with Crippen molar-refractivity contribution in [3.63, 3.8) is 0 Å². The highest BCUT2D eigenvalue weighted by molar-refractivity contribution is 6.33. The van der Waals surface area contributed by atoms with Gasteiger partial charge in [-0.15, -0.1) is 0 Å². The van der Waals surface area contributed by atoms with Crippen molar-refractivity contribution in [3.05, 3.63) is 52.3 Å². The summed E-state index contributed by atoms with van der Waals surface area (Å²) in [6.07, 6.45) is -2.41. The van der Waals surface area contributed by atoms with Gasteiger partial charge in [-0.05, 0) is 30.2 Å². The number of benzene rings is 1. The molecule has 0 aliphatic carbocycles. The second kappa shape index (κ2) is 7.48. The fourth-order valence-corrected chi connectivity index (χ4v) is 2.68. The maximum atomic E-state index is 12.9. The van der Waals surface area contributed by atoms with Gasteiger partial charge in [-0.2, -0.15) is 23.5 Å². The molecule has 0 aliphatic heterocycles. The summed E-state index contributed by atoms with van der Waals surface area (Å²) in [5.74, 6) is 0. The molecular formula is C17H14BF3N4O. The van der Waals surface area contributed by atoms with E-state index in [0.29, 0.717) is 28.8 Å². The van der Waals surface area contributed by atoms with E-state index in [-0.39, 0.29) is 12.0 Å². The maximum absolute atomic E-state index is 12.9. The van der Waals surface area contributed by atoms with Crippen molar-refractivity contribution in [2.24, 2.45) is 7.05 Å². The first-order valence-corrected chi connectivity index (χ1v) is 7.47. The van der Waals surface area contributed by atoms with E-state index < -0.39 is 17.3 Å². The third kappa shape index (κ3) is 3.96. The van der Waals surface area contributed by atoms with Gasteiger partial charge in [0.1, 0.15) is 7.85 Å². The Labute approximate surface area is 149 Å². The Kier molecular flexibility index (Phi) is 5.55. The predicted molar refractivity (Wildman–Crippen MR) is 90.4 cm³/mol. The molecule has 0 bridgehead atoms. The van der Waals surface area contributed by atoms with Gasteiger partial charge in [0.2, 0.25) is 6.41 Å². The summed E-state index contributed by atoms with van der Waals surface area (Å²) in [7, 11) is 7.57. The van der Waals surface area contributed by atoms with E-state index in [1.807, 2.05) is 0 Å². The smallest absolute Gasteiger partial charge is 0.335 e. The van der Waals surface area contributed by atoms with Gasteiger partial charge in [0.05, 0.1) is 17.2 Å². The highest BCUT2D eigenvalue weighted by Gasteiger charge is 2.33. The molecule has 1 aromatic carbocycles. The molecule has 2 radical (unpaired) electrons. The zero-order chi connectivity index (χ0) is 19.5. The number of aryl methyl sites for hydroxylation is 1. The Balaban J connectivity index is 2.47. The third-order valence-corrected chi connectivity index (χ3v) is 3.84. The minimum absolute atomic E-state index is 0.217. The Hall–Kier alpha value is -3.02. The van der Waals surface area contributed by atoms with Gasteiger partial charge in [0, 0.05) is 36.5 Å². The number of nitriles is 1. The summed E-state index contributed by atoms with van der Waals surface area (Å²) < 4.78 is 40.3. The molecule has 1 amide bonds. The minimum atomic E-state index is -4.59. The molecule has 0 unspecified atom stereocenters. The summed E-state index contributed by atoms with van der Waals surface area (Å²) >= 11 is 0. The lowest BCUT2D eigenvalue weighted by Crippen LogP contribution is -2.11. The van der Waals surface area contributed by atoms with E-state index in [4.69, 9.17) is 13.1 Å². The summed E-state index contributed by atoms with van der Waals surface area (Å²) in [5, 5.41) is 15.6. The Morgan fingerprint density at radius 3 is 2.73 bits per heavy atom. The first-order chi connectivity index (χ1) is 12.2. The molecule has 5 nitrogen and oxygen atoms in total. The molecule has 0 spiro atoms. The molecular weight excluding hydrogens is 344 g/mol. The third-order valence-electron chi connectivity index (χ3n) is 3.84. The summed E-state index contributed by atoms with van der Waals surface area (Å²) in [5.41, 5.74) is 1.20. The van der Waals surface area contributed by atoms with Gasteiger partial charge >= 0.3 is 6.18 Å². The number of alkyl halides is 3. The molecule has 0 fully saturated rings. The molecule has 9 heteroatoms. The molecule has 1 heterocycles. The second-order valence-corrected chi connectivity index (χ2v) is 5.61. The van der Waals surface area contributed by atoms with E-state index in [0.717, 1.165) is 6.07 Å². The van der Waals surface area contributed by atoms with Crippen LogP contribution in [0.4, 0.5) is 13.2 Å². The molecule has 132 valence electrons. The predicted octanol–water partition coefficient (Wildman–Crippen LogP) is 1.80. The SMILES string of the molecule is [B]c1nn(C)c(Cc2ccc(C(F)(F)F)c(C#N)c2)c1/C(C)=C\NC=O. The lowest BCUT2D eigenvalue weighted by molar-refractivity contribution is -0.137. The van der Waals surface area contributed by atoms with Gasteiger partial charge in [-0.25, -0.2) is 0 Å². The van der Waals surface area contributed by atoms with Crippen molar-refractivity contribution >= 4 is 25.4 Å². The van der Waals surface area contributed by atoms with Crippen molar-refractivity contribution in [2.45, 2.75) is 19.5 Å². The monoisotopic (exact) mass is 358 g/mol. The summed E-state index contributed by atoms with van der Waals surface area (Å²) in [6.45, 7) is 1.72. The van der Waals surface area contributed by atoms with Crippen LogP contribution >= 0.6 is 0 Å². The van der Waals surface area contributed by atoms with Crippen LogP contribution in [0.15, 0.2) is 24.4 Å². The highest BCUT2D eigenvalue weighted by atomic mass is 19.4. The number of allylic oxidation sites excluding steroid dienone is 1. The van der Waals surface area contributed by atoms with Crippen LogP contribution in [-0.2, 0) is 24.4 Å². The number of amides is 1. The van der Waals surface area contributed by atoms with Crippen molar-refractivity contribution in [1.29, 1.82) is 5.26 Å². The average molecular weight is 358 g/mol. The van der Waals surface area contributed by atoms with Crippen molar-refractivity contribution < 1.29 is 18.0 Å². The van der Waals surface area contributed by atoms with Crippen LogP contribution in [0, 0.1) is 11.3 Å². The van der Waals surface area contributed by atoms with Gasteiger partial charge in [0.15, 0.2) is 0 Å². The standard InChI is InChI=1S/C17H14BF3N4O/c1-10(8-23-9-26)15-14(25(2)24-16(15)18)6-11-3-4-13(17(19,20)21)12(5-11)7-22/h3-5,8-9H,6H2,1-2H3,(H,23,26)/b10-8-. The molecule has 2 aromatic rings. The van der Waals surface area contributed by atoms with Crippen molar-refractivity contribution in [2.75, 3.05) is 0 Å². The lowest BCUT2D eigenvalue weighted by atomic mass is 9.91. The van der Waals surface area contributed by atoms with E-state index in [2.05, 4.69) is 10.4 Å². The second-order valence-electron chi connectivity index (χ2n) is 5.61. The summed E-state index contributed by atoms with van der Waals surface area (Å²) in [4.78, 5) is 10.5. The van der Waals surface area contributed by atoms with E-state index in [1.165, 1.54) is 23.0 Å². The number of carbonyl (C=O) groups excluding carboxylic acids is 1. The quantitative estimate of drug-likeness (QED) is 0.655. The maximum Gasteiger partial charge on any atom is 0.417 e. The van der Waals surface area contributed by atoms with Crippen LogP contribution in [-0.4, -0.2) is 24.0 Å². The molecule has 0 saturated carbocycles. The fourth-order valence-electron chi connectivity index (χ4n) is 2.68. The fraction of sp³-hybridized carbons (Fsp3) is 0.235. The normalized spacial score (nSPS) is 11.9. The molecule has 0 saturated heterocycles. The van der Waals surface area contributed by atoms with Crippen LogP contribution < -0.4 is 10.9 Å².